The highest BCUT2D eigenvalue weighted by Gasteiger charge is 2.26. The first kappa shape index (κ1) is 16.2. The van der Waals surface area contributed by atoms with Gasteiger partial charge in [0, 0.05) is 25.8 Å². The summed E-state index contributed by atoms with van der Waals surface area (Å²) in [6.45, 7) is 7.65. The molecular formula is C18H28N4O. The summed E-state index contributed by atoms with van der Waals surface area (Å²) in [4.78, 5) is 21.1. The van der Waals surface area contributed by atoms with E-state index < -0.39 is 0 Å². The van der Waals surface area contributed by atoms with Gasteiger partial charge in [-0.15, -0.1) is 0 Å². The Morgan fingerprint density at radius 2 is 2.09 bits per heavy atom. The van der Waals surface area contributed by atoms with Crippen molar-refractivity contribution in [3.8, 4) is 0 Å². The zero-order valence-corrected chi connectivity index (χ0v) is 14.1. The van der Waals surface area contributed by atoms with Gasteiger partial charge >= 0.3 is 6.03 Å². The molecule has 23 heavy (non-hydrogen) atoms. The predicted octanol–water partition coefficient (Wildman–Crippen LogP) is 3.06. The van der Waals surface area contributed by atoms with E-state index in [1.54, 1.807) is 6.20 Å². The molecule has 2 aliphatic heterocycles. The molecule has 0 spiro atoms. The summed E-state index contributed by atoms with van der Waals surface area (Å²) < 4.78 is 0. The molecule has 5 nitrogen and oxygen atoms in total. The molecule has 2 saturated heterocycles. The number of pyridine rings is 1. The molecule has 2 amide bonds. The molecule has 0 aromatic carbocycles. The van der Waals surface area contributed by atoms with Crippen LogP contribution in [0.3, 0.4) is 0 Å². The van der Waals surface area contributed by atoms with Crippen molar-refractivity contribution in [2.24, 2.45) is 11.8 Å². The lowest BCUT2D eigenvalue weighted by Crippen LogP contribution is -2.46. The highest BCUT2D eigenvalue weighted by molar-refractivity contribution is 5.88. The Bertz CT molecular complexity index is 499. The van der Waals surface area contributed by atoms with Crippen LogP contribution in [0.15, 0.2) is 24.4 Å². The summed E-state index contributed by atoms with van der Waals surface area (Å²) in [6, 6.07) is 5.56. The van der Waals surface area contributed by atoms with Crippen molar-refractivity contribution in [2.45, 2.75) is 32.6 Å². The molecule has 0 aliphatic carbocycles. The first-order valence-electron chi connectivity index (χ1n) is 8.90. The molecule has 5 heteroatoms. The summed E-state index contributed by atoms with van der Waals surface area (Å²) in [5.74, 6) is 2.11. The van der Waals surface area contributed by atoms with E-state index in [1.165, 1.54) is 32.4 Å². The second-order valence-electron chi connectivity index (χ2n) is 7.08. The number of nitrogens with zero attached hydrogens (tertiary/aromatic N) is 3. The smallest absolute Gasteiger partial charge is 0.323 e. The van der Waals surface area contributed by atoms with E-state index in [2.05, 4.69) is 22.1 Å². The van der Waals surface area contributed by atoms with Gasteiger partial charge in [-0.2, -0.15) is 0 Å². The van der Waals surface area contributed by atoms with Crippen LogP contribution in [0.1, 0.15) is 32.6 Å². The Morgan fingerprint density at radius 1 is 1.26 bits per heavy atom. The van der Waals surface area contributed by atoms with E-state index >= 15 is 0 Å². The van der Waals surface area contributed by atoms with Gasteiger partial charge in [0.05, 0.1) is 0 Å². The molecule has 0 bridgehead atoms. The van der Waals surface area contributed by atoms with Crippen LogP contribution in [0.25, 0.3) is 0 Å². The molecule has 2 fully saturated rings. The number of amides is 2. The number of carbonyl (C=O) groups excluding carboxylic acids is 1. The highest BCUT2D eigenvalue weighted by atomic mass is 16.2. The standard InChI is InChI=1S/C18H28N4O/c1-15-7-11-21(12-8-15)13-16-5-4-10-22(14-16)18(23)20-17-6-2-3-9-19-17/h2-3,6,9,15-16H,4-5,7-8,10-14H2,1H3,(H,19,20,23)/t16-/m1/s1. The molecule has 3 heterocycles. The van der Waals surface area contributed by atoms with E-state index in [0.717, 1.165) is 32.0 Å². The Hall–Kier alpha value is -1.62. The zero-order chi connectivity index (χ0) is 16.1. The van der Waals surface area contributed by atoms with Gasteiger partial charge in [0.15, 0.2) is 0 Å². The van der Waals surface area contributed by atoms with Crippen molar-refractivity contribution in [3.05, 3.63) is 24.4 Å². The number of urea groups is 1. The van der Waals surface area contributed by atoms with Gasteiger partial charge in [-0.05, 0) is 62.7 Å². The number of nitrogens with one attached hydrogen (secondary N) is 1. The number of rotatable bonds is 3. The van der Waals surface area contributed by atoms with Crippen molar-refractivity contribution < 1.29 is 4.79 Å². The van der Waals surface area contributed by atoms with Crippen molar-refractivity contribution in [1.29, 1.82) is 0 Å². The minimum Gasteiger partial charge on any atom is -0.324 e. The number of likely N-dealkylation sites (tertiary alicyclic amines) is 2. The Morgan fingerprint density at radius 3 is 2.83 bits per heavy atom. The van der Waals surface area contributed by atoms with E-state index in [0.29, 0.717) is 11.7 Å². The fourth-order valence-corrected chi connectivity index (χ4v) is 3.63. The summed E-state index contributed by atoms with van der Waals surface area (Å²) in [6.07, 6.45) is 6.67. The largest absolute Gasteiger partial charge is 0.324 e. The lowest BCUT2D eigenvalue weighted by Gasteiger charge is -2.37. The summed E-state index contributed by atoms with van der Waals surface area (Å²) in [5.41, 5.74) is 0. The first-order valence-corrected chi connectivity index (χ1v) is 8.90. The first-order chi connectivity index (χ1) is 11.2. The second kappa shape index (κ2) is 7.77. The average Bonchev–Trinajstić information content (AvgIpc) is 2.58. The average molecular weight is 316 g/mol. The van der Waals surface area contributed by atoms with Crippen LogP contribution in [0.4, 0.5) is 10.6 Å². The number of aromatic nitrogens is 1. The summed E-state index contributed by atoms with van der Waals surface area (Å²) in [7, 11) is 0. The predicted molar refractivity (Wildman–Crippen MR) is 92.4 cm³/mol. The fraction of sp³-hybridized carbons (Fsp3) is 0.667. The van der Waals surface area contributed by atoms with Gasteiger partial charge in [0.25, 0.3) is 0 Å². The maximum Gasteiger partial charge on any atom is 0.323 e. The molecule has 0 saturated carbocycles. The van der Waals surface area contributed by atoms with Gasteiger partial charge in [0.2, 0.25) is 0 Å². The highest BCUT2D eigenvalue weighted by Crippen LogP contribution is 2.22. The van der Waals surface area contributed by atoms with Gasteiger partial charge in [0.1, 0.15) is 5.82 Å². The van der Waals surface area contributed by atoms with Crippen LogP contribution in [0.5, 0.6) is 0 Å². The monoisotopic (exact) mass is 316 g/mol. The quantitative estimate of drug-likeness (QED) is 0.932. The molecular weight excluding hydrogens is 288 g/mol. The molecule has 0 radical (unpaired) electrons. The lowest BCUT2D eigenvalue weighted by molar-refractivity contribution is 0.124. The Labute approximate surface area is 139 Å². The topological polar surface area (TPSA) is 48.5 Å². The number of piperidine rings is 2. The van der Waals surface area contributed by atoms with Gasteiger partial charge in [-0.3, -0.25) is 5.32 Å². The van der Waals surface area contributed by atoms with Crippen molar-refractivity contribution in [2.75, 3.05) is 38.0 Å². The molecule has 1 aromatic rings. The number of hydrogen-bond acceptors (Lipinski definition) is 3. The van der Waals surface area contributed by atoms with Crippen LogP contribution in [0, 0.1) is 11.8 Å². The number of hydrogen-bond donors (Lipinski definition) is 1. The molecule has 1 aromatic heterocycles. The van der Waals surface area contributed by atoms with Crippen molar-refractivity contribution in [3.63, 3.8) is 0 Å². The Balaban J connectivity index is 1.48. The van der Waals surface area contributed by atoms with E-state index in [9.17, 15) is 4.79 Å². The van der Waals surface area contributed by atoms with Gasteiger partial charge < -0.3 is 9.80 Å². The second-order valence-corrected chi connectivity index (χ2v) is 7.08. The van der Waals surface area contributed by atoms with Crippen molar-refractivity contribution >= 4 is 11.8 Å². The van der Waals surface area contributed by atoms with E-state index in [4.69, 9.17) is 0 Å². The number of anilines is 1. The molecule has 126 valence electrons. The SMILES string of the molecule is CC1CCN(C[C@H]2CCCN(C(=O)Nc3ccccn3)C2)CC1. The third kappa shape index (κ3) is 4.67. The minimum atomic E-state index is -0.0133. The fourth-order valence-electron chi connectivity index (χ4n) is 3.63. The molecule has 2 aliphatic rings. The van der Waals surface area contributed by atoms with Gasteiger partial charge in [-0.25, -0.2) is 9.78 Å². The Kier molecular flexibility index (Phi) is 5.49. The van der Waals surface area contributed by atoms with Crippen molar-refractivity contribution in [1.82, 2.24) is 14.8 Å². The molecule has 1 atom stereocenters. The molecule has 0 unspecified atom stereocenters. The molecule has 3 rings (SSSR count). The normalized spacial score (nSPS) is 23.7. The van der Waals surface area contributed by atoms with Crippen LogP contribution in [-0.4, -0.2) is 53.5 Å². The van der Waals surface area contributed by atoms with Crippen LogP contribution in [-0.2, 0) is 0 Å². The van der Waals surface area contributed by atoms with Crippen LogP contribution < -0.4 is 5.32 Å². The summed E-state index contributed by atoms with van der Waals surface area (Å²) in [5, 5.41) is 2.90. The van der Waals surface area contributed by atoms with Crippen LogP contribution in [0.2, 0.25) is 0 Å². The van der Waals surface area contributed by atoms with Gasteiger partial charge in [-0.1, -0.05) is 13.0 Å². The zero-order valence-electron chi connectivity index (χ0n) is 14.1. The maximum absolute atomic E-state index is 12.4. The van der Waals surface area contributed by atoms with Crippen LogP contribution >= 0.6 is 0 Å². The minimum absolute atomic E-state index is 0.0133. The van der Waals surface area contributed by atoms with E-state index in [1.807, 2.05) is 23.1 Å². The van der Waals surface area contributed by atoms with E-state index in [-0.39, 0.29) is 6.03 Å². The molecule has 1 N–H and O–H groups in total. The third-order valence-electron chi connectivity index (χ3n) is 5.10. The summed E-state index contributed by atoms with van der Waals surface area (Å²) >= 11 is 0. The number of carbonyl (C=O) groups is 1. The third-order valence-corrected chi connectivity index (χ3v) is 5.10. The lowest BCUT2D eigenvalue weighted by atomic mass is 9.94. The maximum atomic E-state index is 12.4.